The first-order chi connectivity index (χ1) is 8.86. The maximum atomic E-state index is 12.3. The number of rotatable bonds is 7. The molecule has 5 heteroatoms. The van der Waals surface area contributed by atoms with Gasteiger partial charge >= 0.3 is 0 Å². The number of hydrogen-bond acceptors (Lipinski definition) is 4. The van der Waals surface area contributed by atoms with Gasteiger partial charge in [-0.25, -0.2) is 8.42 Å². The highest BCUT2D eigenvalue weighted by atomic mass is 32.2. The lowest BCUT2D eigenvalue weighted by molar-refractivity contribution is 0.194. The zero-order valence-electron chi connectivity index (χ0n) is 11.8. The lowest BCUT2D eigenvalue weighted by Gasteiger charge is -2.13. The average molecular weight is 285 g/mol. The summed E-state index contributed by atoms with van der Waals surface area (Å²) in [5, 5.41) is 12.8. The van der Waals surface area contributed by atoms with E-state index in [2.05, 4.69) is 5.32 Å². The van der Waals surface area contributed by atoms with Crippen LogP contribution in [0, 0.1) is 13.8 Å². The Morgan fingerprint density at radius 3 is 2.63 bits per heavy atom. The summed E-state index contributed by atoms with van der Waals surface area (Å²) in [7, 11) is -3.44. The predicted molar refractivity (Wildman–Crippen MR) is 77.1 cm³/mol. The van der Waals surface area contributed by atoms with Crippen LogP contribution in [0.5, 0.6) is 0 Å². The van der Waals surface area contributed by atoms with Gasteiger partial charge in [0.25, 0.3) is 0 Å². The second-order valence-electron chi connectivity index (χ2n) is 4.91. The van der Waals surface area contributed by atoms with Gasteiger partial charge in [-0.2, -0.15) is 0 Å². The number of aliphatic hydroxyl groups is 1. The lowest BCUT2D eigenvalue weighted by Crippen LogP contribution is -2.33. The van der Waals surface area contributed by atoms with Crippen molar-refractivity contribution in [3.8, 4) is 0 Å². The molecule has 1 unspecified atom stereocenters. The van der Waals surface area contributed by atoms with Gasteiger partial charge in [0.05, 0.1) is 16.8 Å². The van der Waals surface area contributed by atoms with Gasteiger partial charge in [0.2, 0.25) is 0 Å². The number of sulfone groups is 1. The quantitative estimate of drug-likeness (QED) is 0.744. The summed E-state index contributed by atoms with van der Waals surface area (Å²) in [5.74, 6) is -0.242. The van der Waals surface area contributed by atoms with E-state index >= 15 is 0 Å². The second-order valence-corrected chi connectivity index (χ2v) is 6.91. The summed E-state index contributed by atoms with van der Waals surface area (Å²) in [6.07, 6.45) is 0.0765. The van der Waals surface area contributed by atoms with Crippen molar-refractivity contribution >= 4 is 9.84 Å². The van der Waals surface area contributed by atoms with Crippen molar-refractivity contribution in [1.29, 1.82) is 0 Å². The Bertz CT molecular complexity index is 511. The Kier molecular flexibility index (Phi) is 5.97. The van der Waals surface area contributed by atoms with E-state index in [1.165, 1.54) is 0 Å². The monoisotopic (exact) mass is 285 g/mol. The normalized spacial score (nSPS) is 13.5. The minimum absolute atomic E-state index is 0.242. The summed E-state index contributed by atoms with van der Waals surface area (Å²) in [6, 6.07) is 5.34. The number of aliphatic hydroxyl groups excluding tert-OH is 1. The summed E-state index contributed by atoms with van der Waals surface area (Å²) >= 11 is 0. The highest BCUT2D eigenvalue weighted by molar-refractivity contribution is 7.91. The van der Waals surface area contributed by atoms with Crippen molar-refractivity contribution in [1.82, 2.24) is 5.32 Å². The Hall–Kier alpha value is -0.910. The van der Waals surface area contributed by atoms with Crippen LogP contribution in [0.25, 0.3) is 0 Å². The molecule has 4 nitrogen and oxygen atoms in total. The first-order valence-corrected chi connectivity index (χ1v) is 8.21. The molecule has 0 spiro atoms. The van der Waals surface area contributed by atoms with E-state index in [1.54, 1.807) is 19.1 Å². The van der Waals surface area contributed by atoms with Crippen LogP contribution in [-0.4, -0.2) is 38.5 Å². The van der Waals surface area contributed by atoms with Gasteiger partial charge in [-0.05, 0) is 44.0 Å². The molecular weight excluding hydrogens is 262 g/mol. The maximum absolute atomic E-state index is 12.3. The van der Waals surface area contributed by atoms with Gasteiger partial charge in [0.15, 0.2) is 9.84 Å². The smallest absolute Gasteiger partial charge is 0.181 e. The van der Waals surface area contributed by atoms with Gasteiger partial charge in [-0.15, -0.1) is 0 Å². The molecule has 1 aromatic rings. The molecule has 0 aromatic heterocycles. The lowest BCUT2D eigenvalue weighted by atomic mass is 10.2. The van der Waals surface area contributed by atoms with Crippen LogP contribution in [0.15, 0.2) is 23.1 Å². The molecule has 2 N–H and O–H groups in total. The third kappa shape index (κ3) is 4.93. The van der Waals surface area contributed by atoms with Crippen LogP contribution in [-0.2, 0) is 9.84 Å². The van der Waals surface area contributed by atoms with E-state index in [4.69, 9.17) is 0 Å². The van der Waals surface area contributed by atoms with Crippen molar-refractivity contribution in [2.45, 2.75) is 38.2 Å². The standard InChI is InChI=1S/C14H23NO3S/c1-4-7-15-9-13(16)10-19(17,18)14-8-11(2)5-6-12(14)3/h5-6,8,13,15-16H,4,7,9-10H2,1-3H3. The highest BCUT2D eigenvalue weighted by Gasteiger charge is 2.21. The van der Waals surface area contributed by atoms with E-state index in [0.717, 1.165) is 24.1 Å². The van der Waals surface area contributed by atoms with Crippen LogP contribution in [0.1, 0.15) is 24.5 Å². The summed E-state index contributed by atoms with van der Waals surface area (Å²) in [6.45, 7) is 6.73. The van der Waals surface area contributed by atoms with Gasteiger partial charge in [-0.3, -0.25) is 0 Å². The number of aryl methyl sites for hydroxylation is 2. The Balaban J connectivity index is 2.78. The molecule has 0 bridgehead atoms. The predicted octanol–water partition coefficient (Wildman–Crippen LogP) is 1.44. The Morgan fingerprint density at radius 2 is 2.00 bits per heavy atom. The molecule has 19 heavy (non-hydrogen) atoms. The van der Waals surface area contributed by atoms with Gasteiger partial charge < -0.3 is 10.4 Å². The molecule has 0 radical (unpaired) electrons. The highest BCUT2D eigenvalue weighted by Crippen LogP contribution is 2.18. The van der Waals surface area contributed by atoms with Gasteiger partial charge in [0.1, 0.15) is 0 Å². The first-order valence-electron chi connectivity index (χ1n) is 6.55. The minimum atomic E-state index is -3.44. The molecule has 0 fully saturated rings. The zero-order chi connectivity index (χ0) is 14.5. The molecule has 0 saturated carbocycles. The Labute approximate surface area is 115 Å². The summed E-state index contributed by atoms with van der Waals surface area (Å²) in [5.41, 5.74) is 1.63. The molecule has 0 saturated heterocycles. The van der Waals surface area contributed by atoms with Crippen molar-refractivity contribution in [3.05, 3.63) is 29.3 Å². The maximum Gasteiger partial charge on any atom is 0.181 e. The van der Waals surface area contributed by atoms with Crippen LogP contribution < -0.4 is 5.32 Å². The fraction of sp³-hybridized carbons (Fsp3) is 0.571. The molecule has 1 aromatic carbocycles. The molecule has 0 aliphatic carbocycles. The molecular formula is C14H23NO3S. The average Bonchev–Trinajstić information content (AvgIpc) is 2.32. The molecule has 0 aliphatic rings. The third-order valence-corrected chi connectivity index (χ3v) is 4.83. The van der Waals surface area contributed by atoms with E-state index in [-0.39, 0.29) is 5.75 Å². The first kappa shape index (κ1) is 16.1. The molecule has 108 valence electrons. The van der Waals surface area contributed by atoms with E-state index in [1.807, 2.05) is 19.9 Å². The number of benzene rings is 1. The molecule has 1 rings (SSSR count). The number of nitrogens with one attached hydrogen (secondary N) is 1. The Morgan fingerprint density at radius 1 is 1.32 bits per heavy atom. The fourth-order valence-electron chi connectivity index (χ4n) is 1.89. The minimum Gasteiger partial charge on any atom is -0.391 e. The van der Waals surface area contributed by atoms with E-state index < -0.39 is 15.9 Å². The summed E-state index contributed by atoms with van der Waals surface area (Å²) < 4.78 is 24.5. The van der Waals surface area contributed by atoms with Crippen LogP contribution in [0.2, 0.25) is 0 Å². The third-order valence-electron chi connectivity index (χ3n) is 2.90. The van der Waals surface area contributed by atoms with Crippen molar-refractivity contribution in [3.63, 3.8) is 0 Å². The number of hydrogen-bond donors (Lipinski definition) is 2. The van der Waals surface area contributed by atoms with Crippen molar-refractivity contribution < 1.29 is 13.5 Å². The van der Waals surface area contributed by atoms with Gasteiger partial charge in [0, 0.05) is 6.54 Å². The van der Waals surface area contributed by atoms with Crippen LogP contribution in [0.4, 0.5) is 0 Å². The molecule has 0 amide bonds. The van der Waals surface area contributed by atoms with Crippen molar-refractivity contribution in [2.24, 2.45) is 0 Å². The van der Waals surface area contributed by atoms with Crippen LogP contribution >= 0.6 is 0 Å². The fourth-order valence-corrected chi connectivity index (χ4v) is 3.62. The van der Waals surface area contributed by atoms with Crippen LogP contribution in [0.3, 0.4) is 0 Å². The molecule has 1 atom stereocenters. The summed E-state index contributed by atoms with van der Waals surface area (Å²) in [4.78, 5) is 0.321. The second kappa shape index (κ2) is 7.03. The zero-order valence-corrected chi connectivity index (χ0v) is 12.6. The SMILES string of the molecule is CCCNCC(O)CS(=O)(=O)c1cc(C)ccc1C. The topological polar surface area (TPSA) is 66.4 Å². The largest absolute Gasteiger partial charge is 0.391 e. The van der Waals surface area contributed by atoms with E-state index in [9.17, 15) is 13.5 Å². The van der Waals surface area contributed by atoms with E-state index in [0.29, 0.717) is 11.4 Å². The molecule has 0 heterocycles. The molecule has 0 aliphatic heterocycles. The van der Waals surface area contributed by atoms with Gasteiger partial charge in [-0.1, -0.05) is 19.1 Å². The van der Waals surface area contributed by atoms with Crippen molar-refractivity contribution in [2.75, 3.05) is 18.8 Å².